The van der Waals surface area contributed by atoms with Gasteiger partial charge in [-0.05, 0) is 61.5 Å². The Morgan fingerprint density at radius 3 is 2.21 bits per heavy atom. The number of rotatable bonds is 7. The van der Waals surface area contributed by atoms with Gasteiger partial charge in [-0.1, -0.05) is 24.3 Å². The van der Waals surface area contributed by atoms with Gasteiger partial charge >= 0.3 is 0 Å². The van der Waals surface area contributed by atoms with Crippen molar-refractivity contribution in [2.75, 3.05) is 17.7 Å². The van der Waals surface area contributed by atoms with Crippen molar-refractivity contribution in [3.63, 3.8) is 0 Å². The highest BCUT2D eigenvalue weighted by atomic mass is 16.5. The number of benzene rings is 3. The molecule has 0 saturated carbocycles. The fourth-order valence-corrected chi connectivity index (χ4v) is 2.62. The van der Waals surface area contributed by atoms with Gasteiger partial charge in [0.05, 0.1) is 7.11 Å². The summed E-state index contributed by atoms with van der Waals surface area (Å²) in [7, 11) is 1.58. The summed E-state index contributed by atoms with van der Waals surface area (Å²) in [5, 5.41) is 5.59. The number of para-hydroxylation sites is 1. The Bertz CT molecular complexity index is 972. The molecule has 0 bridgehead atoms. The molecule has 0 spiro atoms. The summed E-state index contributed by atoms with van der Waals surface area (Å²) in [4.78, 5) is 24.9. The van der Waals surface area contributed by atoms with Crippen molar-refractivity contribution in [1.82, 2.24) is 0 Å². The lowest BCUT2D eigenvalue weighted by Gasteiger charge is -2.15. The predicted octanol–water partition coefficient (Wildman–Crippen LogP) is 4.35. The lowest BCUT2D eigenvalue weighted by atomic mass is 10.1. The Morgan fingerprint density at radius 1 is 0.793 bits per heavy atom. The van der Waals surface area contributed by atoms with Gasteiger partial charge in [0.2, 0.25) is 0 Å². The third kappa shape index (κ3) is 5.59. The molecule has 6 nitrogen and oxygen atoms in total. The Kier molecular flexibility index (Phi) is 6.47. The van der Waals surface area contributed by atoms with Crippen LogP contribution in [0.15, 0.2) is 78.9 Å². The topological polar surface area (TPSA) is 76.7 Å². The largest absolute Gasteiger partial charge is 0.497 e. The van der Waals surface area contributed by atoms with Crippen LogP contribution in [0.4, 0.5) is 11.4 Å². The summed E-state index contributed by atoms with van der Waals surface area (Å²) in [5.74, 6) is 0.740. The van der Waals surface area contributed by atoms with E-state index in [9.17, 15) is 9.59 Å². The molecule has 3 aromatic carbocycles. The average molecular weight is 390 g/mol. The van der Waals surface area contributed by atoms with Gasteiger partial charge in [0.1, 0.15) is 11.5 Å². The van der Waals surface area contributed by atoms with Crippen molar-refractivity contribution < 1.29 is 19.1 Å². The first-order valence-electron chi connectivity index (χ1n) is 9.13. The Hall–Kier alpha value is -3.80. The van der Waals surface area contributed by atoms with Crippen molar-refractivity contribution in [2.45, 2.75) is 13.0 Å². The molecule has 0 aliphatic heterocycles. The number of hydrogen-bond donors (Lipinski definition) is 2. The number of nitrogens with one attached hydrogen (secondary N) is 2. The third-order valence-corrected chi connectivity index (χ3v) is 4.17. The van der Waals surface area contributed by atoms with Crippen molar-refractivity contribution >= 4 is 23.2 Å². The first kappa shape index (κ1) is 19.9. The molecule has 2 N–H and O–H groups in total. The molecule has 148 valence electrons. The van der Waals surface area contributed by atoms with Crippen LogP contribution in [0.1, 0.15) is 17.3 Å². The van der Waals surface area contributed by atoms with E-state index in [1.54, 1.807) is 74.7 Å². The zero-order valence-corrected chi connectivity index (χ0v) is 16.2. The molecule has 3 aromatic rings. The fourth-order valence-electron chi connectivity index (χ4n) is 2.62. The molecular weight excluding hydrogens is 368 g/mol. The van der Waals surface area contributed by atoms with Gasteiger partial charge < -0.3 is 20.1 Å². The minimum atomic E-state index is -0.686. The number of anilines is 2. The number of carbonyl (C=O) groups is 2. The van der Waals surface area contributed by atoms with E-state index in [1.165, 1.54) is 0 Å². The van der Waals surface area contributed by atoms with Crippen molar-refractivity contribution in [3.8, 4) is 11.5 Å². The molecule has 29 heavy (non-hydrogen) atoms. The molecule has 3 rings (SSSR count). The summed E-state index contributed by atoms with van der Waals surface area (Å²) in [6.07, 6.45) is -0.686. The Morgan fingerprint density at radius 2 is 1.52 bits per heavy atom. The van der Waals surface area contributed by atoms with Crippen LogP contribution < -0.4 is 20.1 Å². The molecule has 0 aromatic heterocycles. The van der Waals surface area contributed by atoms with Crippen LogP contribution in [0.5, 0.6) is 11.5 Å². The number of ether oxygens (including phenoxy) is 2. The van der Waals surface area contributed by atoms with Gasteiger partial charge in [0.15, 0.2) is 6.10 Å². The Balaban J connectivity index is 1.62. The highest BCUT2D eigenvalue weighted by Gasteiger charge is 2.15. The van der Waals surface area contributed by atoms with E-state index in [1.807, 2.05) is 18.2 Å². The molecule has 2 amide bonds. The maximum absolute atomic E-state index is 12.5. The Labute approximate surface area is 169 Å². The number of amides is 2. The molecule has 0 radical (unpaired) electrons. The lowest BCUT2D eigenvalue weighted by Crippen LogP contribution is -2.30. The van der Waals surface area contributed by atoms with Crippen molar-refractivity contribution in [1.29, 1.82) is 0 Å². The molecule has 1 atom stereocenters. The summed E-state index contributed by atoms with van der Waals surface area (Å²) < 4.78 is 10.7. The van der Waals surface area contributed by atoms with Crippen LogP contribution >= 0.6 is 0 Å². The maximum Gasteiger partial charge on any atom is 0.265 e. The minimum Gasteiger partial charge on any atom is -0.497 e. The standard InChI is InChI=1S/C23H22N2O4/c1-16(29-21-9-4-3-5-10-21)22(26)25-19-8-6-7-17(15-19)23(27)24-18-11-13-20(28-2)14-12-18/h3-16H,1-2H3,(H,24,27)(H,25,26)/t16-/m1/s1. The molecule has 0 aliphatic rings. The van der Waals surface area contributed by atoms with Crippen molar-refractivity contribution in [2.24, 2.45) is 0 Å². The molecular formula is C23H22N2O4. The van der Waals surface area contributed by atoms with Gasteiger partial charge in [-0.25, -0.2) is 0 Å². The van der Waals surface area contributed by atoms with E-state index in [0.717, 1.165) is 0 Å². The smallest absolute Gasteiger partial charge is 0.265 e. The molecule has 0 aliphatic carbocycles. The highest BCUT2D eigenvalue weighted by molar-refractivity contribution is 6.05. The zero-order chi connectivity index (χ0) is 20.6. The number of hydrogen-bond acceptors (Lipinski definition) is 4. The fraction of sp³-hybridized carbons (Fsp3) is 0.130. The van der Waals surface area contributed by atoms with Gasteiger partial charge in [0, 0.05) is 16.9 Å². The SMILES string of the molecule is COc1ccc(NC(=O)c2cccc(NC(=O)[C@@H](C)Oc3ccccc3)c2)cc1. The maximum atomic E-state index is 12.5. The second kappa shape index (κ2) is 9.41. The summed E-state index contributed by atoms with van der Waals surface area (Å²) >= 11 is 0. The van der Waals surface area contributed by atoms with E-state index in [4.69, 9.17) is 9.47 Å². The zero-order valence-electron chi connectivity index (χ0n) is 16.2. The van der Waals surface area contributed by atoms with E-state index in [0.29, 0.717) is 28.4 Å². The van der Waals surface area contributed by atoms with Gasteiger partial charge in [0.25, 0.3) is 11.8 Å². The molecule has 0 saturated heterocycles. The van der Waals surface area contributed by atoms with Gasteiger partial charge in [-0.3, -0.25) is 9.59 Å². The first-order valence-corrected chi connectivity index (χ1v) is 9.13. The molecule has 0 unspecified atom stereocenters. The van der Waals surface area contributed by atoms with Crippen LogP contribution in [-0.4, -0.2) is 25.0 Å². The van der Waals surface area contributed by atoms with Gasteiger partial charge in [-0.2, -0.15) is 0 Å². The van der Waals surface area contributed by atoms with Crippen LogP contribution in [-0.2, 0) is 4.79 Å². The highest BCUT2D eigenvalue weighted by Crippen LogP contribution is 2.18. The monoisotopic (exact) mass is 390 g/mol. The summed E-state index contributed by atoms with van der Waals surface area (Å²) in [6.45, 7) is 1.67. The van der Waals surface area contributed by atoms with Gasteiger partial charge in [-0.15, -0.1) is 0 Å². The van der Waals surface area contributed by atoms with Crippen LogP contribution in [0.3, 0.4) is 0 Å². The van der Waals surface area contributed by atoms with E-state index in [-0.39, 0.29) is 11.8 Å². The van der Waals surface area contributed by atoms with E-state index >= 15 is 0 Å². The van der Waals surface area contributed by atoms with Crippen LogP contribution in [0.25, 0.3) is 0 Å². The first-order chi connectivity index (χ1) is 14.0. The second-order valence-electron chi connectivity index (χ2n) is 6.33. The molecule has 0 heterocycles. The minimum absolute atomic E-state index is 0.278. The van der Waals surface area contributed by atoms with Crippen LogP contribution in [0, 0.1) is 0 Å². The van der Waals surface area contributed by atoms with E-state index in [2.05, 4.69) is 10.6 Å². The predicted molar refractivity (Wildman–Crippen MR) is 113 cm³/mol. The summed E-state index contributed by atoms with van der Waals surface area (Å²) in [5.41, 5.74) is 1.59. The molecule has 0 fully saturated rings. The lowest BCUT2D eigenvalue weighted by molar-refractivity contribution is -0.122. The van der Waals surface area contributed by atoms with E-state index < -0.39 is 6.10 Å². The quantitative estimate of drug-likeness (QED) is 0.629. The second-order valence-corrected chi connectivity index (χ2v) is 6.33. The van der Waals surface area contributed by atoms with Crippen molar-refractivity contribution in [3.05, 3.63) is 84.4 Å². The number of methoxy groups -OCH3 is 1. The number of carbonyl (C=O) groups excluding carboxylic acids is 2. The third-order valence-electron chi connectivity index (χ3n) is 4.17. The average Bonchev–Trinajstić information content (AvgIpc) is 2.75. The molecule has 6 heteroatoms. The summed E-state index contributed by atoms with van der Waals surface area (Å²) in [6, 6.07) is 22.9. The van der Waals surface area contributed by atoms with Crippen LogP contribution in [0.2, 0.25) is 0 Å². The normalized spacial score (nSPS) is 11.2.